The number of nitrogens with zero attached hydrogens (tertiary/aromatic N) is 2. The first-order valence-corrected chi connectivity index (χ1v) is 6.85. The van der Waals surface area contributed by atoms with Crippen molar-refractivity contribution >= 4 is 17.4 Å². The maximum Gasteiger partial charge on any atom is 0.171 e. The zero-order valence-electron chi connectivity index (χ0n) is 11.8. The fourth-order valence-corrected chi connectivity index (χ4v) is 2.35. The first kappa shape index (κ1) is 14.6. The lowest BCUT2D eigenvalue weighted by molar-refractivity contribution is 0.0989. The molecule has 0 saturated carbocycles. The van der Waals surface area contributed by atoms with Crippen LogP contribution < -0.4 is 4.74 Å². The molecule has 20 heavy (non-hydrogen) atoms. The molecule has 4 nitrogen and oxygen atoms in total. The molecule has 2 aromatic rings. The predicted molar refractivity (Wildman–Crippen MR) is 78.6 cm³/mol. The summed E-state index contributed by atoms with van der Waals surface area (Å²) in [5, 5.41) is 4.72. The first-order valence-electron chi connectivity index (χ1n) is 6.47. The van der Waals surface area contributed by atoms with Crippen LogP contribution >= 0.6 is 11.6 Å². The Balaban J connectivity index is 2.29. The van der Waals surface area contributed by atoms with Crippen LogP contribution in [0, 0.1) is 6.92 Å². The first-order chi connectivity index (χ1) is 9.54. The quantitative estimate of drug-likeness (QED) is 0.795. The molecule has 0 unspecified atom stereocenters. The average Bonchev–Trinajstić information content (AvgIpc) is 2.66. The summed E-state index contributed by atoms with van der Waals surface area (Å²) in [6.45, 7) is 4.27. The molecule has 0 atom stereocenters. The summed E-state index contributed by atoms with van der Waals surface area (Å²) < 4.78 is 7.06. The molecule has 0 aliphatic carbocycles. The van der Waals surface area contributed by atoms with Gasteiger partial charge < -0.3 is 4.74 Å². The van der Waals surface area contributed by atoms with E-state index in [1.54, 1.807) is 23.9 Å². The van der Waals surface area contributed by atoms with E-state index in [0.29, 0.717) is 23.1 Å². The van der Waals surface area contributed by atoms with Crippen LogP contribution in [0.2, 0.25) is 5.15 Å². The molecule has 0 aliphatic heterocycles. The maximum absolute atomic E-state index is 12.4. The van der Waals surface area contributed by atoms with Crippen molar-refractivity contribution in [2.45, 2.75) is 20.3 Å². The van der Waals surface area contributed by atoms with Gasteiger partial charge in [0.1, 0.15) is 10.9 Å². The van der Waals surface area contributed by atoms with Gasteiger partial charge in [0.05, 0.1) is 17.9 Å². The van der Waals surface area contributed by atoms with Gasteiger partial charge in [0.2, 0.25) is 0 Å². The molecular formula is C15H17ClN2O2. The maximum atomic E-state index is 12.4. The van der Waals surface area contributed by atoms with E-state index in [4.69, 9.17) is 16.3 Å². The van der Waals surface area contributed by atoms with Crippen molar-refractivity contribution in [3.8, 4) is 5.75 Å². The second-order valence-electron chi connectivity index (χ2n) is 4.51. The van der Waals surface area contributed by atoms with E-state index in [-0.39, 0.29) is 12.2 Å². The van der Waals surface area contributed by atoms with Crippen molar-refractivity contribution in [3.05, 3.63) is 46.2 Å². The molecule has 0 N–H and O–H groups in total. The van der Waals surface area contributed by atoms with Gasteiger partial charge in [-0.15, -0.1) is 0 Å². The van der Waals surface area contributed by atoms with Crippen LogP contribution in [-0.4, -0.2) is 22.2 Å². The Morgan fingerprint density at radius 2 is 2.10 bits per heavy atom. The average molecular weight is 293 g/mol. The van der Waals surface area contributed by atoms with Crippen molar-refractivity contribution < 1.29 is 9.53 Å². The van der Waals surface area contributed by atoms with E-state index < -0.39 is 0 Å². The number of aromatic nitrogens is 2. The second-order valence-corrected chi connectivity index (χ2v) is 4.87. The van der Waals surface area contributed by atoms with Crippen LogP contribution in [0.4, 0.5) is 0 Å². The topological polar surface area (TPSA) is 44.1 Å². The third kappa shape index (κ3) is 2.85. The van der Waals surface area contributed by atoms with Gasteiger partial charge in [-0.05, 0) is 26.0 Å². The highest BCUT2D eigenvalue weighted by atomic mass is 35.5. The minimum atomic E-state index is -0.0212. The number of aryl methyl sites for hydroxylation is 2. The Labute approximate surface area is 123 Å². The smallest absolute Gasteiger partial charge is 0.171 e. The summed E-state index contributed by atoms with van der Waals surface area (Å²) >= 11 is 6.16. The van der Waals surface area contributed by atoms with E-state index in [2.05, 4.69) is 5.10 Å². The Bertz CT molecular complexity index is 635. The van der Waals surface area contributed by atoms with Crippen LogP contribution in [0.5, 0.6) is 5.75 Å². The van der Waals surface area contributed by atoms with E-state index >= 15 is 0 Å². The Morgan fingerprint density at radius 3 is 2.70 bits per heavy atom. The molecule has 0 saturated heterocycles. The Hall–Kier alpha value is -1.81. The van der Waals surface area contributed by atoms with E-state index in [1.807, 2.05) is 26.0 Å². The van der Waals surface area contributed by atoms with Crippen molar-refractivity contribution in [2.75, 3.05) is 6.61 Å². The summed E-state index contributed by atoms with van der Waals surface area (Å²) in [4.78, 5) is 12.4. The Kier molecular flexibility index (Phi) is 4.45. The van der Waals surface area contributed by atoms with Crippen molar-refractivity contribution in [2.24, 2.45) is 7.05 Å². The highest BCUT2D eigenvalue weighted by molar-refractivity contribution is 6.30. The molecule has 2 rings (SSSR count). The van der Waals surface area contributed by atoms with Crippen LogP contribution in [0.15, 0.2) is 24.3 Å². The van der Waals surface area contributed by atoms with Crippen LogP contribution in [0.25, 0.3) is 0 Å². The molecule has 0 radical (unpaired) electrons. The third-order valence-corrected chi connectivity index (χ3v) is 3.57. The van der Waals surface area contributed by atoms with Gasteiger partial charge >= 0.3 is 0 Å². The number of halogens is 1. The molecule has 0 spiro atoms. The SMILES string of the molecule is CCOc1ccccc1C(=O)Cc1c(C)nn(C)c1Cl. The van der Waals surface area contributed by atoms with Gasteiger partial charge in [0, 0.05) is 19.0 Å². The molecule has 0 bridgehead atoms. The van der Waals surface area contributed by atoms with Gasteiger partial charge in [-0.1, -0.05) is 23.7 Å². The van der Waals surface area contributed by atoms with Crippen molar-refractivity contribution in [1.29, 1.82) is 0 Å². The fraction of sp³-hybridized carbons (Fsp3) is 0.333. The fourth-order valence-electron chi connectivity index (χ4n) is 2.11. The molecule has 0 fully saturated rings. The molecule has 106 valence electrons. The van der Waals surface area contributed by atoms with Crippen LogP contribution in [0.1, 0.15) is 28.5 Å². The van der Waals surface area contributed by atoms with Gasteiger partial charge in [-0.3, -0.25) is 9.48 Å². The monoisotopic (exact) mass is 292 g/mol. The zero-order valence-corrected chi connectivity index (χ0v) is 12.6. The van der Waals surface area contributed by atoms with Gasteiger partial charge in [-0.2, -0.15) is 5.10 Å². The number of hydrogen-bond acceptors (Lipinski definition) is 3. The summed E-state index contributed by atoms with van der Waals surface area (Å²) in [5.41, 5.74) is 2.12. The predicted octanol–water partition coefficient (Wildman–Crippen LogP) is 3.21. The van der Waals surface area contributed by atoms with Gasteiger partial charge in [0.25, 0.3) is 0 Å². The number of benzene rings is 1. The van der Waals surface area contributed by atoms with Crippen molar-refractivity contribution in [3.63, 3.8) is 0 Å². The number of ketones is 1. The van der Waals surface area contributed by atoms with Crippen LogP contribution in [-0.2, 0) is 13.5 Å². The number of ether oxygens (including phenoxy) is 1. The molecule has 0 aliphatic rings. The molecule has 1 aromatic carbocycles. The molecular weight excluding hydrogens is 276 g/mol. The van der Waals surface area contributed by atoms with E-state index in [0.717, 1.165) is 11.3 Å². The summed E-state index contributed by atoms with van der Waals surface area (Å²) in [6.07, 6.45) is 0.225. The third-order valence-electron chi connectivity index (χ3n) is 3.09. The lowest BCUT2D eigenvalue weighted by Crippen LogP contribution is -2.07. The number of para-hydroxylation sites is 1. The molecule has 1 aromatic heterocycles. The van der Waals surface area contributed by atoms with E-state index in [1.165, 1.54) is 0 Å². The minimum absolute atomic E-state index is 0.0212. The number of carbonyl (C=O) groups excluding carboxylic acids is 1. The lowest BCUT2D eigenvalue weighted by atomic mass is 10.0. The van der Waals surface area contributed by atoms with Gasteiger partial charge in [-0.25, -0.2) is 0 Å². The molecule has 0 amide bonds. The highest BCUT2D eigenvalue weighted by Gasteiger charge is 2.18. The summed E-state index contributed by atoms with van der Waals surface area (Å²) in [6, 6.07) is 7.25. The summed E-state index contributed by atoms with van der Waals surface area (Å²) in [7, 11) is 1.76. The highest BCUT2D eigenvalue weighted by Crippen LogP contribution is 2.24. The largest absolute Gasteiger partial charge is 0.493 e. The number of rotatable bonds is 5. The molecule has 5 heteroatoms. The lowest BCUT2D eigenvalue weighted by Gasteiger charge is -2.09. The molecule has 1 heterocycles. The summed E-state index contributed by atoms with van der Waals surface area (Å²) in [5.74, 6) is 0.588. The van der Waals surface area contributed by atoms with Gasteiger partial charge in [0.15, 0.2) is 5.78 Å². The van der Waals surface area contributed by atoms with Crippen molar-refractivity contribution in [1.82, 2.24) is 9.78 Å². The number of carbonyl (C=O) groups is 1. The number of hydrogen-bond donors (Lipinski definition) is 0. The van der Waals surface area contributed by atoms with Crippen LogP contribution in [0.3, 0.4) is 0 Å². The second kappa shape index (κ2) is 6.09. The number of Topliss-reactive ketones (excluding diaryl/α,β-unsaturated/α-hetero) is 1. The zero-order chi connectivity index (χ0) is 14.7. The Morgan fingerprint density at radius 1 is 1.40 bits per heavy atom. The minimum Gasteiger partial charge on any atom is -0.493 e. The van der Waals surface area contributed by atoms with E-state index in [9.17, 15) is 4.79 Å². The normalized spacial score (nSPS) is 10.6. The standard InChI is InChI=1S/C15H17ClN2O2/c1-4-20-14-8-6-5-7-11(14)13(19)9-12-10(2)17-18(3)15(12)16/h5-8H,4,9H2,1-3H3.